The van der Waals surface area contributed by atoms with Gasteiger partial charge in [-0.3, -0.25) is 9.59 Å². The molecule has 2 amide bonds. The molecule has 0 aliphatic carbocycles. The van der Waals surface area contributed by atoms with Crippen molar-refractivity contribution < 1.29 is 27.2 Å². The molecule has 1 aliphatic rings. The molecule has 1 N–H and O–H groups in total. The van der Waals surface area contributed by atoms with Crippen LogP contribution in [-0.2, 0) is 11.0 Å². The van der Waals surface area contributed by atoms with Crippen molar-refractivity contribution in [1.29, 1.82) is 0 Å². The second-order valence-electron chi connectivity index (χ2n) is 7.51. The molecule has 1 atom stereocenters. The lowest BCUT2D eigenvalue weighted by molar-refractivity contribution is -0.138. The van der Waals surface area contributed by atoms with E-state index in [0.717, 1.165) is 12.3 Å². The third kappa shape index (κ3) is 5.30. The van der Waals surface area contributed by atoms with E-state index in [1.54, 1.807) is 15.9 Å². The Morgan fingerprint density at radius 1 is 1.23 bits per heavy atom. The molecule has 1 aliphatic heterocycles. The molecule has 3 rings (SSSR count). The number of halogens is 4. The Morgan fingerprint density at radius 2 is 1.90 bits per heavy atom. The topological polar surface area (TPSA) is 78.7 Å². The molecule has 0 spiro atoms. The molecular formula is C20H22ClF3N4O3. The second kappa shape index (κ2) is 9.17. The number of furan rings is 1. The number of carbonyl (C=O) groups excluding carboxylic acids is 2. The van der Waals surface area contributed by atoms with Gasteiger partial charge in [0.05, 0.1) is 16.8 Å². The maximum absolute atomic E-state index is 13.0. The number of alkyl halides is 3. The van der Waals surface area contributed by atoms with Gasteiger partial charge in [0.25, 0.3) is 5.91 Å². The number of pyridine rings is 1. The summed E-state index contributed by atoms with van der Waals surface area (Å²) >= 11 is 6.02. The first-order valence-electron chi connectivity index (χ1n) is 9.68. The summed E-state index contributed by atoms with van der Waals surface area (Å²) in [4.78, 5) is 32.5. The monoisotopic (exact) mass is 458 g/mol. The van der Waals surface area contributed by atoms with Crippen LogP contribution in [0.15, 0.2) is 35.1 Å². The fourth-order valence-corrected chi connectivity index (χ4v) is 3.57. The largest absolute Gasteiger partial charge is 0.459 e. The highest BCUT2D eigenvalue weighted by Crippen LogP contribution is 2.33. The van der Waals surface area contributed by atoms with Gasteiger partial charge in [-0.2, -0.15) is 13.2 Å². The minimum absolute atomic E-state index is 0.0969. The van der Waals surface area contributed by atoms with Crippen LogP contribution in [0.1, 0.15) is 30.0 Å². The van der Waals surface area contributed by atoms with Crippen LogP contribution in [0, 0.1) is 5.92 Å². The Hall–Kier alpha value is -2.75. The molecule has 1 fully saturated rings. The summed E-state index contributed by atoms with van der Waals surface area (Å²) in [6, 6.07) is 3.20. The predicted molar refractivity (Wildman–Crippen MR) is 108 cm³/mol. The first-order valence-corrected chi connectivity index (χ1v) is 10.1. The zero-order chi connectivity index (χ0) is 22.8. The van der Waals surface area contributed by atoms with Gasteiger partial charge >= 0.3 is 6.18 Å². The van der Waals surface area contributed by atoms with Crippen LogP contribution in [0.3, 0.4) is 0 Å². The molecule has 7 nitrogen and oxygen atoms in total. The van der Waals surface area contributed by atoms with E-state index in [9.17, 15) is 22.8 Å². The predicted octanol–water partition coefficient (Wildman–Crippen LogP) is 3.45. The molecule has 1 unspecified atom stereocenters. The maximum atomic E-state index is 13.0. The number of hydrogen-bond acceptors (Lipinski definition) is 5. The molecule has 31 heavy (non-hydrogen) atoms. The average molecular weight is 459 g/mol. The van der Waals surface area contributed by atoms with Crippen molar-refractivity contribution in [1.82, 2.24) is 15.2 Å². The highest BCUT2D eigenvalue weighted by molar-refractivity contribution is 6.33. The molecule has 3 heterocycles. The van der Waals surface area contributed by atoms with Crippen molar-refractivity contribution in [2.24, 2.45) is 5.92 Å². The molecule has 2 aromatic heterocycles. The first-order chi connectivity index (χ1) is 14.6. The Kier molecular flexibility index (Phi) is 6.78. The Labute approximate surface area is 182 Å². The van der Waals surface area contributed by atoms with Crippen LogP contribution in [0.2, 0.25) is 5.02 Å². The van der Waals surface area contributed by atoms with E-state index in [1.807, 2.05) is 13.8 Å². The SMILES string of the molecule is CC(C)C(NC(=O)c1ccco1)C(=O)N1CCN(c2ncc(C(F)(F)F)cc2Cl)CC1. The van der Waals surface area contributed by atoms with Crippen LogP contribution in [0.4, 0.5) is 19.0 Å². The fourth-order valence-electron chi connectivity index (χ4n) is 3.29. The summed E-state index contributed by atoms with van der Waals surface area (Å²) in [6.07, 6.45) is -2.40. The van der Waals surface area contributed by atoms with Gasteiger partial charge in [-0.25, -0.2) is 4.98 Å². The number of nitrogens with one attached hydrogen (secondary N) is 1. The number of anilines is 1. The van der Waals surface area contributed by atoms with Gasteiger partial charge in [0.2, 0.25) is 5.91 Å². The zero-order valence-electron chi connectivity index (χ0n) is 16.9. The standard InChI is InChI=1S/C20H22ClF3N4O3/c1-12(2)16(26-18(29)15-4-3-9-31-15)19(30)28-7-5-27(6-8-28)17-14(21)10-13(11-25-17)20(22,23)24/h3-4,9-12,16H,5-8H2,1-2H3,(H,26,29). The Morgan fingerprint density at radius 3 is 2.42 bits per heavy atom. The molecule has 168 valence electrons. The molecular weight excluding hydrogens is 437 g/mol. The van der Waals surface area contributed by atoms with Crippen molar-refractivity contribution in [2.75, 3.05) is 31.1 Å². The lowest BCUT2D eigenvalue weighted by Gasteiger charge is -2.38. The molecule has 0 saturated carbocycles. The number of amides is 2. The van der Waals surface area contributed by atoms with Crippen molar-refractivity contribution in [3.8, 4) is 0 Å². The lowest BCUT2D eigenvalue weighted by atomic mass is 10.0. The van der Waals surface area contributed by atoms with Crippen LogP contribution >= 0.6 is 11.6 Å². The van der Waals surface area contributed by atoms with E-state index < -0.39 is 23.7 Å². The summed E-state index contributed by atoms with van der Waals surface area (Å²) in [5, 5.41) is 2.61. The van der Waals surface area contributed by atoms with E-state index in [2.05, 4.69) is 10.3 Å². The second-order valence-corrected chi connectivity index (χ2v) is 7.92. The normalized spacial score (nSPS) is 15.8. The molecule has 0 radical (unpaired) electrons. The van der Waals surface area contributed by atoms with Gasteiger partial charge < -0.3 is 19.5 Å². The van der Waals surface area contributed by atoms with Crippen LogP contribution < -0.4 is 10.2 Å². The molecule has 1 saturated heterocycles. The highest BCUT2D eigenvalue weighted by Gasteiger charge is 2.34. The average Bonchev–Trinajstić information content (AvgIpc) is 3.25. The summed E-state index contributed by atoms with van der Waals surface area (Å²) in [5.74, 6) is -0.507. The molecule has 0 bridgehead atoms. The van der Waals surface area contributed by atoms with Gasteiger partial charge in [0.1, 0.15) is 11.9 Å². The third-order valence-electron chi connectivity index (χ3n) is 5.00. The van der Waals surface area contributed by atoms with Gasteiger partial charge in [-0.15, -0.1) is 0 Å². The van der Waals surface area contributed by atoms with E-state index in [4.69, 9.17) is 16.0 Å². The van der Waals surface area contributed by atoms with E-state index in [0.29, 0.717) is 26.2 Å². The van der Waals surface area contributed by atoms with Crippen LogP contribution in [-0.4, -0.2) is 53.9 Å². The Bertz CT molecular complexity index is 926. The van der Waals surface area contributed by atoms with Gasteiger partial charge in [-0.05, 0) is 24.1 Å². The summed E-state index contributed by atoms with van der Waals surface area (Å²) < 4.78 is 43.5. The van der Waals surface area contributed by atoms with Crippen LogP contribution in [0.5, 0.6) is 0 Å². The van der Waals surface area contributed by atoms with Crippen molar-refractivity contribution in [3.05, 3.63) is 47.0 Å². The fraction of sp³-hybridized carbons (Fsp3) is 0.450. The minimum atomic E-state index is -4.52. The van der Waals surface area contributed by atoms with Crippen molar-refractivity contribution in [3.63, 3.8) is 0 Å². The minimum Gasteiger partial charge on any atom is -0.459 e. The zero-order valence-corrected chi connectivity index (χ0v) is 17.7. The Balaban J connectivity index is 1.64. The maximum Gasteiger partial charge on any atom is 0.417 e. The summed E-state index contributed by atoms with van der Waals surface area (Å²) in [7, 11) is 0. The van der Waals surface area contributed by atoms with Crippen molar-refractivity contribution >= 4 is 29.2 Å². The third-order valence-corrected chi connectivity index (χ3v) is 5.28. The molecule has 0 aromatic carbocycles. The van der Waals surface area contributed by atoms with E-state index in [-0.39, 0.29) is 28.4 Å². The lowest BCUT2D eigenvalue weighted by Crippen LogP contribution is -2.56. The highest BCUT2D eigenvalue weighted by atomic mass is 35.5. The number of aromatic nitrogens is 1. The van der Waals surface area contributed by atoms with Gasteiger partial charge in [-0.1, -0.05) is 25.4 Å². The number of carbonyl (C=O) groups is 2. The molecule has 11 heteroatoms. The van der Waals surface area contributed by atoms with Crippen molar-refractivity contribution in [2.45, 2.75) is 26.1 Å². The number of piperazine rings is 1. The van der Waals surface area contributed by atoms with E-state index >= 15 is 0 Å². The van der Waals surface area contributed by atoms with E-state index in [1.165, 1.54) is 12.3 Å². The summed E-state index contributed by atoms with van der Waals surface area (Å²) in [6.45, 7) is 4.98. The van der Waals surface area contributed by atoms with Gasteiger partial charge in [0, 0.05) is 32.4 Å². The van der Waals surface area contributed by atoms with Gasteiger partial charge in [0.15, 0.2) is 5.76 Å². The first kappa shape index (κ1) is 22.9. The summed E-state index contributed by atoms with van der Waals surface area (Å²) in [5.41, 5.74) is -0.915. The number of rotatable bonds is 5. The van der Waals surface area contributed by atoms with Crippen LogP contribution in [0.25, 0.3) is 0 Å². The molecule has 2 aromatic rings. The number of nitrogens with zero attached hydrogens (tertiary/aromatic N) is 3. The quantitative estimate of drug-likeness (QED) is 0.742. The smallest absolute Gasteiger partial charge is 0.417 e. The number of hydrogen-bond donors (Lipinski definition) is 1.